The van der Waals surface area contributed by atoms with E-state index in [1.54, 1.807) is 4.90 Å². The number of hydrogen-bond donors (Lipinski definition) is 1. The fourth-order valence-electron chi connectivity index (χ4n) is 2.98. The lowest BCUT2D eigenvalue weighted by Crippen LogP contribution is -2.31. The van der Waals surface area contributed by atoms with Crippen LogP contribution in [0, 0.1) is 0 Å². The maximum absolute atomic E-state index is 11.8. The molecule has 1 amide bonds. The summed E-state index contributed by atoms with van der Waals surface area (Å²) in [5, 5.41) is 3.58. The Morgan fingerprint density at radius 2 is 2.14 bits per heavy atom. The van der Waals surface area contributed by atoms with Gasteiger partial charge in [0.05, 0.1) is 0 Å². The molecule has 0 saturated heterocycles. The van der Waals surface area contributed by atoms with Gasteiger partial charge in [0.25, 0.3) is 0 Å². The smallest absolute Gasteiger partial charge is 0.223 e. The minimum absolute atomic E-state index is 0.194. The molecule has 1 aromatic carbocycles. The highest BCUT2D eigenvalue weighted by atomic mass is 16.2. The largest absolute Gasteiger partial charge is 0.371 e. The van der Waals surface area contributed by atoms with E-state index in [1.807, 2.05) is 14.1 Å². The van der Waals surface area contributed by atoms with Crippen LogP contribution in [0.1, 0.15) is 37.8 Å². The fourth-order valence-corrected chi connectivity index (χ4v) is 2.98. The first kappa shape index (κ1) is 15.8. The molecule has 2 rings (SSSR count). The number of fused-ring (bicyclic) bond motifs is 1. The summed E-state index contributed by atoms with van der Waals surface area (Å²) in [4.78, 5) is 15.9. The summed E-state index contributed by atoms with van der Waals surface area (Å²) in [6.07, 6.45) is 2.89. The van der Waals surface area contributed by atoms with Crippen LogP contribution in [0.25, 0.3) is 0 Å². The van der Waals surface area contributed by atoms with E-state index in [-0.39, 0.29) is 5.91 Å². The number of nitrogens with zero attached hydrogens (tertiary/aromatic N) is 2. The van der Waals surface area contributed by atoms with Crippen LogP contribution < -0.4 is 10.2 Å². The van der Waals surface area contributed by atoms with Gasteiger partial charge in [0.1, 0.15) is 0 Å². The number of benzene rings is 1. The second-order valence-electron chi connectivity index (χ2n) is 5.84. The Kier molecular flexibility index (Phi) is 5.62. The third kappa shape index (κ3) is 3.97. The zero-order chi connectivity index (χ0) is 15.2. The van der Waals surface area contributed by atoms with Crippen molar-refractivity contribution < 1.29 is 4.79 Å². The summed E-state index contributed by atoms with van der Waals surface area (Å²) in [6.45, 7) is 4.96. The molecule has 1 aromatic rings. The van der Waals surface area contributed by atoms with Crippen LogP contribution in [0.3, 0.4) is 0 Å². The molecule has 0 spiro atoms. The molecular weight excluding hydrogens is 262 g/mol. The maximum Gasteiger partial charge on any atom is 0.223 e. The monoisotopic (exact) mass is 289 g/mol. The zero-order valence-electron chi connectivity index (χ0n) is 13.4. The Balaban J connectivity index is 2.15. The normalized spacial score (nSPS) is 18.0. The summed E-state index contributed by atoms with van der Waals surface area (Å²) in [5.41, 5.74) is 2.65. The van der Waals surface area contributed by atoms with Gasteiger partial charge in [-0.25, -0.2) is 0 Å². The molecule has 1 aliphatic rings. The predicted octanol–water partition coefficient (Wildman–Crippen LogP) is 2.42. The molecule has 1 heterocycles. The lowest BCUT2D eigenvalue weighted by molar-refractivity contribution is -0.128. The molecule has 1 N–H and O–H groups in total. The van der Waals surface area contributed by atoms with Gasteiger partial charge in [0, 0.05) is 45.3 Å². The van der Waals surface area contributed by atoms with Gasteiger partial charge in [-0.1, -0.05) is 25.1 Å². The molecule has 1 atom stereocenters. The van der Waals surface area contributed by atoms with E-state index in [0.29, 0.717) is 12.5 Å². The van der Waals surface area contributed by atoms with Crippen LogP contribution in [0.5, 0.6) is 0 Å². The van der Waals surface area contributed by atoms with Crippen molar-refractivity contribution in [2.75, 3.05) is 38.6 Å². The van der Waals surface area contributed by atoms with Gasteiger partial charge in [-0.15, -0.1) is 0 Å². The molecule has 0 fully saturated rings. The SMILES string of the molecule is CCNC1CCCN(CCC(=O)N(C)C)c2ccccc21. The Morgan fingerprint density at radius 1 is 1.38 bits per heavy atom. The van der Waals surface area contributed by atoms with Crippen molar-refractivity contribution in [2.24, 2.45) is 0 Å². The molecule has 1 aliphatic heterocycles. The number of hydrogen-bond acceptors (Lipinski definition) is 3. The van der Waals surface area contributed by atoms with Gasteiger partial charge in [-0.3, -0.25) is 4.79 Å². The van der Waals surface area contributed by atoms with E-state index in [4.69, 9.17) is 0 Å². The number of anilines is 1. The van der Waals surface area contributed by atoms with Gasteiger partial charge in [-0.05, 0) is 31.0 Å². The van der Waals surface area contributed by atoms with Crippen LogP contribution in [0.2, 0.25) is 0 Å². The lowest BCUT2D eigenvalue weighted by atomic mass is 10.0. The highest BCUT2D eigenvalue weighted by molar-refractivity contribution is 5.76. The van der Waals surface area contributed by atoms with Gasteiger partial charge < -0.3 is 15.1 Å². The number of carbonyl (C=O) groups is 1. The van der Waals surface area contributed by atoms with E-state index >= 15 is 0 Å². The Labute approximate surface area is 128 Å². The number of rotatable bonds is 5. The number of nitrogens with one attached hydrogen (secondary N) is 1. The summed E-state index contributed by atoms with van der Waals surface area (Å²) < 4.78 is 0. The van der Waals surface area contributed by atoms with Crippen LogP contribution in [-0.2, 0) is 4.79 Å². The average Bonchev–Trinajstić information content (AvgIpc) is 2.65. The van der Waals surface area contributed by atoms with Gasteiger partial charge >= 0.3 is 0 Å². The predicted molar refractivity (Wildman–Crippen MR) is 87.6 cm³/mol. The molecule has 4 nitrogen and oxygen atoms in total. The number of para-hydroxylation sites is 1. The quantitative estimate of drug-likeness (QED) is 0.904. The average molecular weight is 289 g/mol. The summed E-state index contributed by atoms with van der Waals surface area (Å²) in [6, 6.07) is 9.03. The van der Waals surface area contributed by atoms with Crippen molar-refractivity contribution in [3.05, 3.63) is 29.8 Å². The third-order valence-electron chi connectivity index (χ3n) is 4.12. The molecule has 4 heteroatoms. The van der Waals surface area contributed by atoms with Gasteiger partial charge in [0.2, 0.25) is 5.91 Å². The second kappa shape index (κ2) is 7.46. The van der Waals surface area contributed by atoms with Gasteiger partial charge in [-0.2, -0.15) is 0 Å². The zero-order valence-corrected chi connectivity index (χ0v) is 13.4. The third-order valence-corrected chi connectivity index (χ3v) is 4.12. The summed E-state index contributed by atoms with van der Waals surface area (Å²) in [5.74, 6) is 0.194. The van der Waals surface area contributed by atoms with Crippen molar-refractivity contribution >= 4 is 11.6 Å². The summed E-state index contributed by atoms with van der Waals surface area (Å²) >= 11 is 0. The van der Waals surface area contributed by atoms with E-state index < -0.39 is 0 Å². The first-order valence-electron chi connectivity index (χ1n) is 7.91. The molecule has 0 saturated carbocycles. The lowest BCUT2D eigenvalue weighted by Gasteiger charge is -2.26. The van der Waals surface area contributed by atoms with E-state index in [1.165, 1.54) is 11.3 Å². The molecule has 21 heavy (non-hydrogen) atoms. The first-order valence-corrected chi connectivity index (χ1v) is 7.91. The Hall–Kier alpha value is -1.55. The van der Waals surface area contributed by atoms with E-state index in [9.17, 15) is 4.79 Å². The van der Waals surface area contributed by atoms with E-state index in [2.05, 4.69) is 41.4 Å². The summed E-state index contributed by atoms with van der Waals surface area (Å²) in [7, 11) is 3.64. The van der Waals surface area contributed by atoms with Gasteiger partial charge in [0.15, 0.2) is 0 Å². The maximum atomic E-state index is 11.8. The molecular formula is C17H27N3O. The highest BCUT2D eigenvalue weighted by Crippen LogP contribution is 2.32. The van der Waals surface area contributed by atoms with Crippen molar-refractivity contribution in [2.45, 2.75) is 32.2 Å². The van der Waals surface area contributed by atoms with Crippen LogP contribution in [0.4, 0.5) is 5.69 Å². The molecule has 0 aromatic heterocycles. The minimum Gasteiger partial charge on any atom is -0.371 e. The Bertz CT molecular complexity index is 473. The van der Waals surface area contributed by atoms with Crippen molar-refractivity contribution in [3.63, 3.8) is 0 Å². The minimum atomic E-state index is 0.194. The van der Waals surface area contributed by atoms with Crippen molar-refractivity contribution in [3.8, 4) is 0 Å². The van der Waals surface area contributed by atoms with Crippen molar-refractivity contribution in [1.82, 2.24) is 10.2 Å². The highest BCUT2D eigenvalue weighted by Gasteiger charge is 2.22. The standard InChI is InChI=1S/C17H27N3O/c1-4-18-15-9-7-12-20(13-11-17(21)19(2)3)16-10-6-5-8-14(15)16/h5-6,8,10,15,18H,4,7,9,11-13H2,1-3H3. The molecule has 1 unspecified atom stereocenters. The van der Waals surface area contributed by atoms with Crippen LogP contribution in [0.15, 0.2) is 24.3 Å². The molecule has 116 valence electrons. The molecule has 0 radical (unpaired) electrons. The van der Waals surface area contributed by atoms with Crippen LogP contribution in [-0.4, -0.2) is 44.5 Å². The number of carbonyl (C=O) groups excluding carboxylic acids is 1. The second-order valence-corrected chi connectivity index (χ2v) is 5.84. The van der Waals surface area contributed by atoms with Crippen LogP contribution >= 0.6 is 0 Å². The molecule has 0 bridgehead atoms. The van der Waals surface area contributed by atoms with Crippen molar-refractivity contribution in [1.29, 1.82) is 0 Å². The topological polar surface area (TPSA) is 35.6 Å². The molecule has 0 aliphatic carbocycles. The number of amides is 1. The van der Waals surface area contributed by atoms with E-state index in [0.717, 1.165) is 32.5 Å². The first-order chi connectivity index (χ1) is 10.1. The fraction of sp³-hybridized carbons (Fsp3) is 0.588. The Morgan fingerprint density at radius 3 is 2.86 bits per heavy atom.